The van der Waals surface area contributed by atoms with Gasteiger partial charge in [-0.2, -0.15) is 20.1 Å². The Morgan fingerprint density at radius 3 is 2.54 bits per heavy atom. The summed E-state index contributed by atoms with van der Waals surface area (Å²) >= 11 is 0. The van der Waals surface area contributed by atoms with Crippen LogP contribution in [-0.2, 0) is 16.6 Å². The highest BCUT2D eigenvalue weighted by Crippen LogP contribution is 2.24. The first-order valence-corrected chi connectivity index (χ1v) is 15.0. The zero-order valence-corrected chi connectivity index (χ0v) is 23.2. The number of nitrogens with one attached hydrogen (secondary N) is 4. The number of imidazole rings is 1. The topological polar surface area (TPSA) is 159 Å². The van der Waals surface area contributed by atoms with Crippen LogP contribution < -0.4 is 20.3 Å². The van der Waals surface area contributed by atoms with E-state index in [1.165, 1.54) is 6.42 Å². The van der Waals surface area contributed by atoms with Crippen LogP contribution in [0, 0.1) is 0 Å². The highest BCUT2D eigenvalue weighted by Gasteiger charge is 2.18. The van der Waals surface area contributed by atoms with Crippen molar-refractivity contribution in [3.8, 4) is 0 Å². The molecule has 0 unspecified atom stereocenters. The fourth-order valence-electron chi connectivity index (χ4n) is 4.68. The number of sulfonamides is 1. The number of benzene rings is 2. The van der Waals surface area contributed by atoms with E-state index >= 15 is 0 Å². The van der Waals surface area contributed by atoms with E-state index in [1.807, 2.05) is 10.8 Å². The lowest BCUT2D eigenvalue weighted by molar-refractivity contribution is 0.567. The van der Waals surface area contributed by atoms with Crippen molar-refractivity contribution in [3.05, 3.63) is 67.4 Å². The Balaban J connectivity index is 1.15. The Morgan fingerprint density at radius 1 is 0.927 bits per heavy atom. The molecular weight excluding hydrogens is 542 g/mol. The minimum Gasteiger partial charge on any atom is -0.354 e. The summed E-state index contributed by atoms with van der Waals surface area (Å²) in [6.07, 6.45) is 11.5. The molecule has 13 nitrogen and oxygen atoms in total. The Labute approximate surface area is 237 Å². The number of hydrogen-bond donors (Lipinski definition) is 4. The van der Waals surface area contributed by atoms with Crippen molar-refractivity contribution in [1.82, 2.24) is 34.7 Å². The molecule has 14 heteroatoms. The number of H-pyrrole nitrogens is 1. The fraction of sp³-hybridized carbons (Fsp3) is 0.296. The molecule has 0 spiro atoms. The molecule has 0 radical (unpaired) electrons. The minimum absolute atomic E-state index is 0.137. The Bertz CT molecular complexity index is 1700. The molecule has 1 aliphatic rings. The van der Waals surface area contributed by atoms with E-state index in [0.717, 1.165) is 49.8 Å². The number of nitrogens with zero attached hydrogens (tertiary/aromatic N) is 7. The summed E-state index contributed by atoms with van der Waals surface area (Å²) in [7, 11) is -3.79. The van der Waals surface area contributed by atoms with Gasteiger partial charge in [0.05, 0.1) is 28.6 Å². The molecule has 3 aromatic heterocycles. The lowest BCUT2D eigenvalue weighted by Gasteiger charge is -2.27. The number of piperidine rings is 1. The zero-order chi connectivity index (χ0) is 28.1. The third-order valence-electron chi connectivity index (χ3n) is 6.81. The maximum Gasteiger partial charge on any atom is 0.261 e. The Kier molecular flexibility index (Phi) is 7.63. The van der Waals surface area contributed by atoms with Crippen LogP contribution in [0.25, 0.3) is 10.9 Å². The summed E-state index contributed by atoms with van der Waals surface area (Å²) in [5.41, 5.74) is 1.85. The SMILES string of the molecule is O=S(=O)(Nc1ccc2cn[nH]c2c1)c1ccc(Nc2nc(NCCCn3ccnc3)nc(N3CCCCC3)n2)cc1. The molecule has 6 rings (SSSR count). The van der Waals surface area contributed by atoms with E-state index in [9.17, 15) is 8.42 Å². The summed E-state index contributed by atoms with van der Waals surface area (Å²) in [5.74, 6) is 1.50. The molecular formula is C27H31N11O2S. The average molecular weight is 574 g/mol. The van der Waals surface area contributed by atoms with Gasteiger partial charge in [-0.15, -0.1) is 0 Å². The van der Waals surface area contributed by atoms with E-state index in [1.54, 1.807) is 61.2 Å². The smallest absolute Gasteiger partial charge is 0.261 e. The van der Waals surface area contributed by atoms with Gasteiger partial charge in [-0.25, -0.2) is 13.4 Å². The molecule has 1 aliphatic heterocycles. The van der Waals surface area contributed by atoms with E-state index in [2.05, 4.69) is 50.4 Å². The maximum atomic E-state index is 13.0. The summed E-state index contributed by atoms with van der Waals surface area (Å²) in [4.78, 5) is 20.3. The van der Waals surface area contributed by atoms with Crippen molar-refractivity contribution < 1.29 is 8.42 Å². The molecule has 4 heterocycles. The second-order valence-electron chi connectivity index (χ2n) is 9.84. The molecule has 0 aliphatic carbocycles. The molecule has 0 saturated carbocycles. The summed E-state index contributed by atoms with van der Waals surface area (Å²) < 4.78 is 30.7. The van der Waals surface area contributed by atoms with Gasteiger partial charge in [-0.05, 0) is 68.1 Å². The number of aryl methyl sites for hydroxylation is 1. The van der Waals surface area contributed by atoms with Gasteiger partial charge in [0.2, 0.25) is 17.8 Å². The summed E-state index contributed by atoms with van der Waals surface area (Å²) in [6.45, 7) is 3.32. The zero-order valence-electron chi connectivity index (χ0n) is 22.4. The van der Waals surface area contributed by atoms with Crippen molar-refractivity contribution >= 4 is 50.1 Å². The van der Waals surface area contributed by atoms with Gasteiger partial charge < -0.3 is 20.1 Å². The second kappa shape index (κ2) is 11.8. The van der Waals surface area contributed by atoms with Crippen LogP contribution in [0.15, 0.2) is 72.3 Å². The number of fused-ring (bicyclic) bond motifs is 1. The maximum absolute atomic E-state index is 13.0. The predicted molar refractivity (Wildman–Crippen MR) is 158 cm³/mol. The van der Waals surface area contributed by atoms with Crippen molar-refractivity contribution in [2.75, 3.05) is 39.9 Å². The third kappa shape index (κ3) is 6.54. The predicted octanol–water partition coefficient (Wildman–Crippen LogP) is 3.98. The van der Waals surface area contributed by atoms with Gasteiger partial charge in [-0.3, -0.25) is 9.82 Å². The highest BCUT2D eigenvalue weighted by molar-refractivity contribution is 7.92. The van der Waals surface area contributed by atoms with Gasteiger partial charge in [0.1, 0.15) is 0 Å². The van der Waals surface area contributed by atoms with Gasteiger partial charge in [0.25, 0.3) is 10.0 Å². The van der Waals surface area contributed by atoms with Crippen LogP contribution in [0.5, 0.6) is 0 Å². The first-order valence-electron chi connectivity index (χ1n) is 13.6. The largest absolute Gasteiger partial charge is 0.354 e. The van der Waals surface area contributed by atoms with Crippen LogP contribution in [-0.4, -0.2) is 62.8 Å². The number of aromatic nitrogens is 7. The molecule has 4 N–H and O–H groups in total. The highest BCUT2D eigenvalue weighted by atomic mass is 32.2. The quantitative estimate of drug-likeness (QED) is 0.170. The molecule has 1 saturated heterocycles. The normalized spacial score (nSPS) is 13.8. The van der Waals surface area contributed by atoms with Crippen LogP contribution >= 0.6 is 0 Å². The minimum atomic E-state index is -3.79. The number of rotatable bonds is 11. The van der Waals surface area contributed by atoms with Crippen LogP contribution in [0.4, 0.5) is 29.2 Å². The average Bonchev–Trinajstić information content (AvgIpc) is 3.68. The van der Waals surface area contributed by atoms with Gasteiger partial charge in [0.15, 0.2) is 0 Å². The third-order valence-corrected chi connectivity index (χ3v) is 8.21. The first kappa shape index (κ1) is 26.5. The van der Waals surface area contributed by atoms with Crippen molar-refractivity contribution in [2.45, 2.75) is 37.1 Å². The molecule has 0 atom stereocenters. The monoisotopic (exact) mass is 573 g/mol. The number of anilines is 5. The van der Waals surface area contributed by atoms with E-state index in [-0.39, 0.29) is 4.90 Å². The van der Waals surface area contributed by atoms with Crippen LogP contribution in [0.1, 0.15) is 25.7 Å². The van der Waals surface area contributed by atoms with E-state index in [0.29, 0.717) is 35.8 Å². The van der Waals surface area contributed by atoms with E-state index < -0.39 is 10.0 Å². The summed E-state index contributed by atoms with van der Waals surface area (Å²) in [6, 6.07) is 11.7. The Hall–Kier alpha value is -4.72. The van der Waals surface area contributed by atoms with Crippen molar-refractivity contribution in [2.24, 2.45) is 0 Å². The van der Waals surface area contributed by atoms with Gasteiger partial charge in [-0.1, -0.05) is 0 Å². The Morgan fingerprint density at radius 2 is 1.73 bits per heavy atom. The summed E-state index contributed by atoms with van der Waals surface area (Å²) in [5, 5.41) is 14.3. The molecule has 41 heavy (non-hydrogen) atoms. The lowest BCUT2D eigenvalue weighted by atomic mass is 10.1. The molecule has 2 aromatic carbocycles. The van der Waals surface area contributed by atoms with Gasteiger partial charge >= 0.3 is 0 Å². The standard InChI is InChI=1S/C27H31N11O2S/c39-41(40,36-22-6-5-20-18-30-35-24(20)17-22)23-9-7-21(8-10-23)31-26-32-25(29-11-4-13-37-16-12-28-19-37)33-27(34-26)38-14-2-1-3-15-38/h5-10,12,16-19,36H,1-4,11,13-15H2,(H,30,35)(H2,29,31,32,33,34). The first-order chi connectivity index (χ1) is 20.0. The number of aromatic amines is 1. The van der Waals surface area contributed by atoms with Gasteiger partial charge in [0, 0.05) is 49.6 Å². The second-order valence-corrected chi connectivity index (χ2v) is 11.5. The molecule has 5 aromatic rings. The molecule has 0 amide bonds. The van der Waals surface area contributed by atoms with Crippen molar-refractivity contribution in [1.29, 1.82) is 0 Å². The van der Waals surface area contributed by atoms with Crippen LogP contribution in [0.3, 0.4) is 0 Å². The molecule has 212 valence electrons. The van der Waals surface area contributed by atoms with E-state index in [4.69, 9.17) is 0 Å². The number of hydrogen-bond acceptors (Lipinski definition) is 10. The molecule has 0 bridgehead atoms. The molecule has 1 fully saturated rings. The fourth-order valence-corrected chi connectivity index (χ4v) is 5.73. The van der Waals surface area contributed by atoms with Crippen LogP contribution in [0.2, 0.25) is 0 Å². The lowest BCUT2D eigenvalue weighted by Crippen LogP contribution is -2.31. The van der Waals surface area contributed by atoms with Crippen molar-refractivity contribution in [3.63, 3.8) is 0 Å².